The molecule has 0 bridgehead atoms. The highest BCUT2D eigenvalue weighted by molar-refractivity contribution is 9.10. The minimum absolute atomic E-state index is 0.135. The first-order valence-electron chi connectivity index (χ1n) is 7.23. The topological polar surface area (TPSA) is 37.4 Å². The van der Waals surface area contributed by atoms with Gasteiger partial charge in [-0.3, -0.25) is 0 Å². The fourth-order valence-electron chi connectivity index (χ4n) is 2.90. The van der Waals surface area contributed by atoms with Crippen molar-refractivity contribution in [2.45, 2.75) is 43.9 Å². The SMILES string of the molecule is CCC1(CC)CCN(S(=O)(=O)c2ccc(CCl)cc2Br)C1. The van der Waals surface area contributed by atoms with Crippen LogP contribution in [0.15, 0.2) is 27.6 Å². The summed E-state index contributed by atoms with van der Waals surface area (Å²) in [6.45, 7) is 5.51. The van der Waals surface area contributed by atoms with Crippen molar-refractivity contribution in [1.82, 2.24) is 4.31 Å². The Morgan fingerprint density at radius 2 is 2.00 bits per heavy atom. The third-order valence-corrected chi connectivity index (χ3v) is 7.80. The van der Waals surface area contributed by atoms with Gasteiger partial charge in [-0.2, -0.15) is 4.31 Å². The number of nitrogens with zero attached hydrogens (tertiary/aromatic N) is 1. The molecule has 0 aromatic heterocycles. The van der Waals surface area contributed by atoms with Crippen molar-refractivity contribution in [1.29, 1.82) is 0 Å². The summed E-state index contributed by atoms with van der Waals surface area (Å²) in [5.74, 6) is 0.372. The van der Waals surface area contributed by atoms with Crippen LogP contribution in [0.4, 0.5) is 0 Å². The van der Waals surface area contributed by atoms with E-state index in [0.29, 0.717) is 28.3 Å². The van der Waals surface area contributed by atoms with Crippen molar-refractivity contribution in [2.75, 3.05) is 13.1 Å². The average molecular weight is 395 g/mol. The number of hydrogen-bond donors (Lipinski definition) is 0. The normalized spacial score (nSPS) is 19.0. The van der Waals surface area contributed by atoms with Gasteiger partial charge in [-0.05, 0) is 58.3 Å². The molecular weight excluding hydrogens is 374 g/mol. The number of sulfonamides is 1. The van der Waals surface area contributed by atoms with E-state index in [1.54, 1.807) is 22.5 Å². The minimum Gasteiger partial charge on any atom is -0.207 e. The molecule has 1 aliphatic heterocycles. The van der Waals surface area contributed by atoms with Gasteiger partial charge in [0.25, 0.3) is 0 Å². The average Bonchev–Trinajstić information content (AvgIpc) is 2.92. The number of benzene rings is 1. The van der Waals surface area contributed by atoms with E-state index in [1.807, 2.05) is 0 Å². The number of halogens is 2. The van der Waals surface area contributed by atoms with Gasteiger partial charge in [-0.15, -0.1) is 11.6 Å². The monoisotopic (exact) mass is 393 g/mol. The molecule has 1 aromatic rings. The van der Waals surface area contributed by atoms with E-state index in [-0.39, 0.29) is 5.41 Å². The predicted molar refractivity (Wildman–Crippen MR) is 90.1 cm³/mol. The van der Waals surface area contributed by atoms with E-state index in [9.17, 15) is 8.42 Å². The first-order valence-corrected chi connectivity index (χ1v) is 10.00. The molecule has 0 amide bonds. The van der Waals surface area contributed by atoms with Crippen LogP contribution < -0.4 is 0 Å². The standard InChI is InChI=1S/C15H21BrClNO2S/c1-3-15(4-2)7-8-18(11-15)21(19,20)14-6-5-12(10-17)9-13(14)16/h5-6,9H,3-4,7-8,10-11H2,1-2H3. The summed E-state index contributed by atoms with van der Waals surface area (Å²) in [4.78, 5) is 0.333. The molecule has 2 rings (SSSR count). The van der Waals surface area contributed by atoms with Gasteiger partial charge >= 0.3 is 0 Å². The molecule has 0 radical (unpaired) electrons. The lowest BCUT2D eigenvalue weighted by Gasteiger charge is -2.26. The summed E-state index contributed by atoms with van der Waals surface area (Å²) < 4.78 is 27.9. The largest absolute Gasteiger partial charge is 0.244 e. The zero-order chi connectivity index (χ0) is 15.7. The van der Waals surface area contributed by atoms with Crippen molar-refractivity contribution in [3.63, 3.8) is 0 Å². The highest BCUT2D eigenvalue weighted by atomic mass is 79.9. The lowest BCUT2D eigenvalue weighted by Crippen LogP contribution is -2.32. The Hall–Kier alpha value is -0.100. The van der Waals surface area contributed by atoms with Crippen LogP contribution in [0, 0.1) is 5.41 Å². The number of hydrogen-bond acceptors (Lipinski definition) is 2. The Labute approximate surface area is 140 Å². The molecule has 0 N–H and O–H groups in total. The zero-order valence-corrected chi connectivity index (χ0v) is 15.6. The van der Waals surface area contributed by atoms with Crippen molar-refractivity contribution in [2.24, 2.45) is 5.41 Å². The van der Waals surface area contributed by atoms with E-state index in [0.717, 1.165) is 24.8 Å². The third kappa shape index (κ3) is 3.31. The van der Waals surface area contributed by atoms with Crippen LogP contribution in [0.25, 0.3) is 0 Å². The van der Waals surface area contributed by atoms with Gasteiger partial charge in [-0.1, -0.05) is 19.9 Å². The van der Waals surface area contributed by atoms with Gasteiger partial charge in [0.15, 0.2) is 0 Å². The Morgan fingerprint density at radius 3 is 2.48 bits per heavy atom. The van der Waals surface area contributed by atoms with E-state index in [4.69, 9.17) is 11.6 Å². The first kappa shape index (κ1) is 17.3. The quantitative estimate of drug-likeness (QED) is 0.695. The molecule has 0 aliphatic carbocycles. The fourth-order valence-corrected chi connectivity index (χ4v) is 5.71. The smallest absolute Gasteiger partial charge is 0.207 e. The predicted octanol–water partition coefficient (Wildman–Crippen LogP) is 4.39. The summed E-state index contributed by atoms with van der Waals surface area (Å²) in [5, 5.41) is 0. The van der Waals surface area contributed by atoms with E-state index in [2.05, 4.69) is 29.8 Å². The van der Waals surface area contributed by atoms with Crippen LogP contribution in [0.5, 0.6) is 0 Å². The highest BCUT2D eigenvalue weighted by Crippen LogP contribution is 2.40. The molecular formula is C15H21BrClNO2S. The lowest BCUT2D eigenvalue weighted by atomic mass is 9.82. The van der Waals surface area contributed by atoms with Crippen LogP contribution in [-0.4, -0.2) is 25.8 Å². The molecule has 6 heteroatoms. The maximum atomic E-state index is 12.8. The zero-order valence-electron chi connectivity index (χ0n) is 12.4. The second-order valence-corrected chi connectivity index (χ2v) is 8.72. The first-order chi connectivity index (χ1) is 9.88. The molecule has 0 atom stereocenters. The van der Waals surface area contributed by atoms with Crippen molar-refractivity contribution in [3.8, 4) is 0 Å². The Balaban J connectivity index is 2.31. The van der Waals surface area contributed by atoms with Gasteiger partial charge in [0.05, 0.1) is 4.90 Å². The van der Waals surface area contributed by atoms with Crippen molar-refractivity contribution < 1.29 is 8.42 Å². The molecule has 0 unspecified atom stereocenters. The summed E-state index contributed by atoms with van der Waals surface area (Å²) >= 11 is 9.16. The summed E-state index contributed by atoms with van der Waals surface area (Å²) in [6, 6.07) is 5.20. The van der Waals surface area contributed by atoms with E-state index >= 15 is 0 Å². The third-order valence-electron chi connectivity index (χ3n) is 4.67. The Morgan fingerprint density at radius 1 is 1.33 bits per heavy atom. The van der Waals surface area contributed by atoms with Crippen LogP contribution in [0.1, 0.15) is 38.7 Å². The maximum Gasteiger partial charge on any atom is 0.244 e. The second-order valence-electron chi connectivity index (χ2n) is 5.69. The van der Waals surface area contributed by atoms with Crippen molar-refractivity contribution in [3.05, 3.63) is 28.2 Å². The lowest BCUT2D eigenvalue weighted by molar-refractivity contribution is 0.279. The van der Waals surface area contributed by atoms with Crippen LogP contribution >= 0.6 is 27.5 Å². The molecule has 118 valence electrons. The number of alkyl halides is 1. The van der Waals surface area contributed by atoms with Crippen LogP contribution in [-0.2, 0) is 15.9 Å². The molecule has 21 heavy (non-hydrogen) atoms. The van der Waals surface area contributed by atoms with Gasteiger partial charge in [-0.25, -0.2) is 8.42 Å². The van der Waals surface area contributed by atoms with Gasteiger partial charge < -0.3 is 0 Å². The molecule has 3 nitrogen and oxygen atoms in total. The van der Waals surface area contributed by atoms with Crippen LogP contribution in [0.2, 0.25) is 0 Å². The summed E-state index contributed by atoms with van der Waals surface area (Å²) in [7, 11) is -3.44. The maximum absolute atomic E-state index is 12.8. The molecule has 0 saturated carbocycles. The van der Waals surface area contributed by atoms with E-state index in [1.165, 1.54) is 0 Å². The molecule has 1 aromatic carbocycles. The minimum atomic E-state index is -3.44. The Kier molecular flexibility index (Phi) is 5.40. The second kappa shape index (κ2) is 6.57. The molecule has 1 saturated heterocycles. The van der Waals surface area contributed by atoms with E-state index < -0.39 is 10.0 Å². The van der Waals surface area contributed by atoms with Crippen LogP contribution in [0.3, 0.4) is 0 Å². The molecule has 1 fully saturated rings. The Bertz CT molecular complexity index is 614. The van der Waals surface area contributed by atoms with Gasteiger partial charge in [0.1, 0.15) is 0 Å². The highest BCUT2D eigenvalue weighted by Gasteiger charge is 2.41. The fraction of sp³-hybridized carbons (Fsp3) is 0.600. The number of rotatable bonds is 5. The summed E-state index contributed by atoms with van der Waals surface area (Å²) in [6.07, 6.45) is 2.97. The van der Waals surface area contributed by atoms with Gasteiger partial charge in [0.2, 0.25) is 10.0 Å². The molecule has 1 heterocycles. The van der Waals surface area contributed by atoms with Crippen molar-refractivity contribution >= 4 is 37.6 Å². The van der Waals surface area contributed by atoms with Gasteiger partial charge in [0, 0.05) is 23.4 Å². The summed E-state index contributed by atoms with van der Waals surface area (Å²) in [5.41, 5.74) is 1.04. The molecule has 0 spiro atoms. The molecule has 1 aliphatic rings.